The van der Waals surface area contributed by atoms with Crippen molar-refractivity contribution in [3.8, 4) is 5.82 Å². The summed E-state index contributed by atoms with van der Waals surface area (Å²) in [5, 5.41) is 9.83. The van der Waals surface area contributed by atoms with Crippen molar-refractivity contribution < 1.29 is 4.79 Å². The van der Waals surface area contributed by atoms with Crippen LogP contribution >= 0.6 is 11.6 Å². The molecule has 110 valence electrons. The van der Waals surface area contributed by atoms with E-state index in [4.69, 9.17) is 11.6 Å². The van der Waals surface area contributed by atoms with Crippen molar-refractivity contribution in [1.82, 2.24) is 24.7 Å². The zero-order chi connectivity index (χ0) is 15.4. The van der Waals surface area contributed by atoms with Gasteiger partial charge in [0.2, 0.25) is 0 Å². The average molecular weight is 316 g/mol. The number of carbonyl (C=O) groups excluding carboxylic acids is 1. The normalized spacial score (nSPS) is 10.2. The fourth-order valence-electron chi connectivity index (χ4n) is 1.68. The van der Waals surface area contributed by atoms with Crippen LogP contribution in [0.25, 0.3) is 5.82 Å². The van der Waals surface area contributed by atoms with Crippen LogP contribution in [0.15, 0.2) is 49.3 Å². The zero-order valence-electron chi connectivity index (χ0n) is 11.1. The molecule has 0 fully saturated rings. The second-order valence-electron chi connectivity index (χ2n) is 4.19. The number of nitrogens with zero attached hydrogens (tertiary/aromatic N) is 5. The first kappa shape index (κ1) is 14.0. The Morgan fingerprint density at radius 3 is 2.64 bits per heavy atom. The van der Waals surface area contributed by atoms with E-state index in [0.717, 1.165) is 0 Å². The lowest BCUT2D eigenvalue weighted by Crippen LogP contribution is -2.20. The quantitative estimate of drug-likeness (QED) is 0.773. The van der Waals surface area contributed by atoms with Crippen LogP contribution in [0.2, 0.25) is 5.02 Å². The Morgan fingerprint density at radius 1 is 1.09 bits per heavy atom. The summed E-state index contributed by atoms with van der Waals surface area (Å²) < 4.78 is 1.46. The average Bonchev–Trinajstić information content (AvgIpc) is 3.04. The third kappa shape index (κ3) is 3.36. The lowest BCUT2D eigenvalue weighted by atomic mass is 10.3. The minimum absolute atomic E-state index is 0.340. The van der Waals surface area contributed by atoms with E-state index in [2.05, 4.69) is 30.7 Å². The summed E-state index contributed by atoms with van der Waals surface area (Å²) in [5.74, 6) is 0.834. The van der Waals surface area contributed by atoms with Crippen LogP contribution < -0.4 is 10.6 Å². The van der Waals surface area contributed by atoms with Gasteiger partial charge in [0.1, 0.15) is 24.8 Å². The molecule has 0 spiro atoms. The van der Waals surface area contributed by atoms with Crippen LogP contribution in [0, 0.1) is 0 Å². The molecule has 2 aromatic heterocycles. The highest BCUT2D eigenvalue weighted by molar-refractivity contribution is 6.30. The van der Waals surface area contributed by atoms with Gasteiger partial charge in [0.05, 0.1) is 0 Å². The van der Waals surface area contributed by atoms with Crippen molar-refractivity contribution in [2.45, 2.75) is 0 Å². The molecule has 9 heteroatoms. The maximum atomic E-state index is 11.9. The zero-order valence-corrected chi connectivity index (χ0v) is 11.9. The molecule has 22 heavy (non-hydrogen) atoms. The standard InChI is InChI=1S/C13H10ClN7O/c14-9-1-3-10(4-2-9)19-13(22)20-11-5-12(17-7-16-11)21-8-15-6-18-21/h1-8H,(H2,16,17,19,20,22). The van der Waals surface area contributed by atoms with Crippen molar-refractivity contribution in [1.29, 1.82) is 0 Å². The van der Waals surface area contributed by atoms with E-state index in [1.54, 1.807) is 30.3 Å². The van der Waals surface area contributed by atoms with Crippen LogP contribution in [-0.4, -0.2) is 30.8 Å². The minimum atomic E-state index is -0.425. The number of aromatic nitrogens is 5. The molecule has 2 amide bonds. The summed E-state index contributed by atoms with van der Waals surface area (Å²) in [7, 11) is 0. The predicted octanol–water partition coefficient (Wildman–Crippen LogP) is 2.35. The predicted molar refractivity (Wildman–Crippen MR) is 81.0 cm³/mol. The van der Waals surface area contributed by atoms with E-state index < -0.39 is 6.03 Å². The highest BCUT2D eigenvalue weighted by Gasteiger charge is 2.06. The van der Waals surface area contributed by atoms with E-state index in [0.29, 0.717) is 22.3 Å². The van der Waals surface area contributed by atoms with Gasteiger partial charge in [-0.1, -0.05) is 11.6 Å². The Bertz CT molecular complexity index is 773. The van der Waals surface area contributed by atoms with E-state index in [1.807, 2.05) is 0 Å². The molecule has 0 saturated heterocycles. The highest BCUT2D eigenvalue weighted by atomic mass is 35.5. The van der Waals surface area contributed by atoms with Gasteiger partial charge in [0.15, 0.2) is 5.82 Å². The van der Waals surface area contributed by atoms with Crippen molar-refractivity contribution in [2.24, 2.45) is 0 Å². The third-order valence-electron chi connectivity index (χ3n) is 2.65. The number of hydrogen-bond donors (Lipinski definition) is 2. The summed E-state index contributed by atoms with van der Waals surface area (Å²) >= 11 is 5.79. The summed E-state index contributed by atoms with van der Waals surface area (Å²) in [6, 6.07) is 7.92. The van der Waals surface area contributed by atoms with Crippen LogP contribution in [0.3, 0.4) is 0 Å². The number of amides is 2. The van der Waals surface area contributed by atoms with Crippen molar-refractivity contribution in [2.75, 3.05) is 10.6 Å². The molecule has 8 nitrogen and oxygen atoms in total. The number of rotatable bonds is 3. The molecule has 0 aliphatic rings. The van der Waals surface area contributed by atoms with Crippen LogP contribution in [0.5, 0.6) is 0 Å². The fraction of sp³-hybridized carbons (Fsp3) is 0. The lowest BCUT2D eigenvalue weighted by Gasteiger charge is -2.07. The van der Waals surface area contributed by atoms with Gasteiger partial charge >= 0.3 is 6.03 Å². The van der Waals surface area contributed by atoms with Gasteiger partial charge in [-0.25, -0.2) is 24.4 Å². The topological polar surface area (TPSA) is 97.6 Å². The number of benzene rings is 1. The van der Waals surface area contributed by atoms with E-state index >= 15 is 0 Å². The number of halogens is 1. The van der Waals surface area contributed by atoms with Gasteiger partial charge in [-0.3, -0.25) is 5.32 Å². The molecule has 0 aliphatic carbocycles. The molecule has 0 atom stereocenters. The number of hydrogen-bond acceptors (Lipinski definition) is 5. The molecule has 1 aromatic carbocycles. The molecule has 2 N–H and O–H groups in total. The Labute approximate surface area is 130 Å². The van der Waals surface area contributed by atoms with Crippen molar-refractivity contribution in [3.05, 3.63) is 54.3 Å². The number of urea groups is 1. The molecular formula is C13H10ClN7O. The first-order chi connectivity index (χ1) is 10.7. The van der Waals surface area contributed by atoms with Gasteiger partial charge in [-0.2, -0.15) is 5.10 Å². The molecule has 0 aliphatic heterocycles. The number of anilines is 2. The summed E-state index contributed by atoms with van der Waals surface area (Å²) in [6.07, 6.45) is 4.22. The third-order valence-corrected chi connectivity index (χ3v) is 2.90. The van der Waals surface area contributed by atoms with Gasteiger partial charge in [0, 0.05) is 16.8 Å². The van der Waals surface area contributed by atoms with Gasteiger partial charge in [-0.15, -0.1) is 0 Å². The molecular weight excluding hydrogens is 306 g/mol. The summed E-state index contributed by atoms with van der Waals surface area (Å²) in [5.41, 5.74) is 0.618. The smallest absolute Gasteiger partial charge is 0.308 e. The SMILES string of the molecule is O=C(Nc1ccc(Cl)cc1)Nc1cc(-n2cncn2)ncn1. The fourth-order valence-corrected chi connectivity index (χ4v) is 1.81. The van der Waals surface area contributed by atoms with Crippen LogP contribution in [-0.2, 0) is 0 Å². The van der Waals surface area contributed by atoms with E-state index in [1.165, 1.54) is 23.7 Å². The van der Waals surface area contributed by atoms with Gasteiger partial charge < -0.3 is 5.32 Å². The van der Waals surface area contributed by atoms with Crippen LogP contribution in [0.1, 0.15) is 0 Å². The Kier molecular flexibility index (Phi) is 3.92. The van der Waals surface area contributed by atoms with Gasteiger partial charge in [0.25, 0.3) is 0 Å². The summed E-state index contributed by atoms with van der Waals surface area (Å²) in [6.45, 7) is 0. The molecule has 0 saturated carbocycles. The molecule has 3 rings (SSSR count). The molecule has 0 unspecified atom stereocenters. The molecule has 3 aromatic rings. The van der Waals surface area contributed by atoms with Gasteiger partial charge in [-0.05, 0) is 24.3 Å². The van der Waals surface area contributed by atoms with Crippen LogP contribution in [0.4, 0.5) is 16.3 Å². The first-order valence-corrected chi connectivity index (χ1v) is 6.59. The maximum Gasteiger partial charge on any atom is 0.324 e. The number of carbonyl (C=O) groups is 1. The second kappa shape index (κ2) is 6.19. The summed E-state index contributed by atoms with van der Waals surface area (Å²) in [4.78, 5) is 23.8. The largest absolute Gasteiger partial charge is 0.324 e. The Balaban J connectivity index is 1.69. The lowest BCUT2D eigenvalue weighted by molar-refractivity contribution is 0.262. The molecule has 0 radical (unpaired) electrons. The number of nitrogens with one attached hydrogen (secondary N) is 2. The highest BCUT2D eigenvalue weighted by Crippen LogP contribution is 2.14. The Hall–Kier alpha value is -3.00. The molecule has 0 bridgehead atoms. The Morgan fingerprint density at radius 2 is 1.91 bits per heavy atom. The molecule has 2 heterocycles. The van der Waals surface area contributed by atoms with E-state index in [9.17, 15) is 4.79 Å². The second-order valence-corrected chi connectivity index (χ2v) is 4.62. The van der Waals surface area contributed by atoms with Crippen molar-refractivity contribution >= 4 is 29.1 Å². The minimum Gasteiger partial charge on any atom is -0.308 e. The maximum absolute atomic E-state index is 11.9. The first-order valence-electron chi connectivity index (χ1n) is 6.21. The monoisotopic (exact) mass is 315 g/mol. The van der Waals surface area contributed by atoms with E-state index in [-0.39, 0.29) is 0 Å². The van der Waals surface area contributed by atoms with Crippen molar-refractivity contribution in [3.63, 3.8) is 0 Å².